The summed E-state index contributed by atoms with van der Waals surface area (Å²) in [5, 5.41) is 13.4. The van der Waals surface area contributed by atoms with E-state index in [1.165, 1.54) is 22.3 Å². The van der Waals surface area contributed by atoms with Gasteiger partial charge in [-0.25, -0.2) is 0 Å². The second kappa shape index (κ2) is 8.08. The molecule has 0 amide bonds. The molecule has 0 saturated carbocycles. The summed E-state index contributed by atoms with van der Waals surface area (Å²) >= 11 is 0. The van der Waals surface area contributed by atoms with Crippen LogP contribution in [0.4, 0.5) is 0 Å². The monoisotopic (exact) mass is 299 g/mol. The Hall–Kier alpha value is -1.68. The third-order valence-electron chi connectivity index (χ3n) is 3.79. The van der Waals surface area contributed by atoms with Gasteiger partial charge in [0, 0.05) is 13.7 Å². The fourth-order valence-electron chi connectivity index (χ4n) is 2.71. The molecule has 0 bridgehead atoms. The lowest BCUT2D eigenvalue weighted by Crippen LogP contribution is -2.33. The molecule has 2 aromatic carbocycles. The van der Waals surface area contributed by atoms with Crippen molar-refractivity contribution >= 4 is 0 Å². The van der Waals surface area contributed by atoms with E-state index in [-0.39, 0.29) is 6.04 Å². The smallest absolute Gasteiger partial charge is 0.0897 e. The van der Waals surface area contributed by atoms with Crippen LogP contribution in [0.5, 0.6) is 0 Å². The predicted molar refractivity (Wildman–Crippen MR) is 90.1 cm³/mol. The Labute approximate surface area is 133 Å². The van der Waals surface area contributed by atoms with E-state index < -0.39 is 6.10 Å². The summed E-state index contributed by atoms with van der Waals surface area (Å²) < 4.78 is 5.00. The molecule has 2 atom stereocenters. The second-order valence-corrected chi connectivity index (χ2v) is 5.72. The molecule has 0 aliphatic rings. The molecule has 22 heavy (non-hydrogen) atoms. The number of aliphatic hydroxyl groups excluding tert-OH is 1. The van der Waals surface area contributed by atoms with Gasteiger partial charge in [0.1, 0.15) is 0 Å². The topological polar surface area (TPSA) is 41.5 Å². The summed E-state index contributed by atoms with van der Waals surface area (Å²) in [7, 11) is 1.60. The van der Waals surface area contributed by atoms with Crippen molar-refractivity contribution in [3.8, 4) is 0 Å². The molecule has 2 aromatic rings. The molecule has 3 nitrogen and oxygen atoms in total. The zero-order valence-electron chi connectivity index (χ0n) is 13.5. The molecular formula is C19H25NO2. The number of aliphatic hydroxyl groups is 1. The molecule has 0 heterocycles. The summed E-state index contributed by atoms with van der Waals surface area (Å²) in [6.07, 6.45) is -0.512. The maximum Gasteiger partial charge on any atom is 0.0897 e. The fraction of sp³-hybridized carbons (Fsp3) is 0.368. The molecule has 118 valence electrons. The van der Waals surface area contributed by atoms with Crippen LogP contribution in [0.15, 0.2) is 48.5 Å². The van der Waals surface area contributed by atoms with Crippen LogP contribution in [0.2, 0.25) is 0 Å². The quantitative estimate of drug-likeness (QED) is 0.826. The first-order chi connectivity index (χ1) is 10.6. The van der Waals surface area contributed by atoms with Gasteiger partial charge < -0.3 is 15.2 Å². The summed E-state index contributed by atoms with van der Waals surface area (Å²) in [6, 6.07) is 16.9. The third kappa shape index (κ3) is 4.41. The van der Waals surface area contributed by atoms with Gasteiger partial charge in [-0.3, -0.25) is 0 Å². The molecule has 0 fully saturated rings. The Morgan fingerprint density at radius 1 is 1.09 bits per heavy atom. The van der Waals surface area contributed by atoms with E-state index in [9.17, 15) is 5.11 Å². The first-order valence-electron chi connectivity index (χ1n) is 7.64. The summed E-state index contributed by atoms with van der Waals surface area (Å²) in [4.78, 5) is 0. The number of benzene rings is 2. The van der Waals surface area contributed by atoms with Crippen molar-refractivity contribution in [2.75, 3.05) is 20.3 Å². The van der Waals surface area contributed by atoms with Crippen molar-refractivity contribution in [3.05, 3.63) is 70.8 Å². The maximum atomic E-state index is 9.92. The van der Waals surface area contributed by atoms with Crippen molar-refractivity contribution in [3.63, 3.8) is 0 Å². The summed E-state index contributed by atoms with van der Waals surface area (Å²) in [5.41, 5.74) is 4.94. The Balaban J connectivity index is 2.25. The van der Waals surface area contributed by atoms with Gasteiger partial charge in [0.05, 0.1) is 18.8 Å². The van der Waals surface area contributed by atoms with Crippen molar-refractivity contribution in [1.82, 2.24) is 5.32 Å². The number of hydrogen-bond acceptors (Lipinski definition) is 3. The molecule has 2 N–H and O–H groups in total. The van der Waals surface area contributed by atoms with E-state index in [2.05, 4.69) is 49.5 Å². The van der Waals surface area contributed by atoms with Crippen LogP contribution in [0.1, 0.15) is 28.3 Å². The zero-order valence-corrected chi connectivity index (χ0v) is 13.5. The van der Waals surface area contributed by atoms with Gasteiger partial charge in [-0.05, 0) is 30.5 Å². The maximum absolute atomic E-state index is 9.92. The molecule has 3 heteroatoms. The van der Waals surface area contributed by atoms with Crippen LogP contribution in [-0.4, -0.2) is 31.5 Å². The van der Waals surface area contributed by atoms with E-state index in [0.29, 0.717) is 13.2 Å². The van der Waals surface area contributed by atoms with Gasteiger partial charge in [0.15, 0.2) is 0 Å². The molecule has 0 saturated heterocycles. The van der Waals surface area contributed by atoms with Crippen molar-refractivity contribution in [2.45, 2.75) is 26.0 Å². The van der Waals surface area contributed by atoms with Crippen LogP contribution in [0.3, 0.4) is 0 Å². The van der Waals surface area contributed by atoms with Crippen molar-refractivity contribution in [2.24, 2.45) is 0 Å². The Kier molecular flexibility index (Phi) is 6.13. The highest BCUT2D eigenvalue weighted by atomic mass is 16.5. The minimum atomic E-state index is -0.512. The van der Waals surface area contributed by atoms with E-state index in [0.717, 1.165) is 0 Å². The van der Waals surface area contributed by atoms with Gasteiger partial charge >= 0.3 is 0 Å². The fourth-order valence-corrected chi connectivity index (χ4v) is 2.71. The van der Waals surface area contributed by atoms with Gasteiger partial charge in [-0.1, -0.05) is 54.1 Å². The lowest BCUT2D eigenvalue weighted by molar-refractivity contribution is 0.0634. The van der Waals surface area contributed by atoms with E-state index in [1.807, 2.05) is 18.2 Å². The van der Waals surface area contributed by atoms with Gasteiger partial charge in [-0.2, -0.15) is 0 Å². The first-order valence-corrected chi connectivity index (χ1v) is 7.64. The number of ether oxygens (including phenoxy) is 1. The average molecular weight is 299 g/mol. The highest BCUT2D eigenvalue weighted by Gasteiger charge is 2.17. The van der Waals surface area contributed by atoms with Gasteiger partial charge in [0.25, 0.3) is 0 Å². The molecule has 2 rings (SSSR count). The molecule has 0 aliphatic heterocycles. The molecule has 0 aromatic heterocycles. The van der Waals surface area contributed by atoms with Crippen LogP contribution < -0.4 is 5.32 Å². The van der Waals surface area contributed by atoms with Crippen LogP contribution in [0, 0.1) is 13.8 Å². The van der Waals surface area contributed by atoms with E-state index in [1.54, 1.807) is 7.11 Å². The van der Waals surface area contributed by atoms with Crippen LogP contribution in [-0.2, 0) is 4.74 Å². The van der Waals surface area contributed by atoms with E-state index in [4.69, 9.17) is 4.74 Å². The Morgan fingerprint density at radius 3 is 2.45 bits per heavy atom. The van der Waals surface area contributed by atoms with Gasteiger partial charge in [0.2, 0.25) is 0 Å². The summed E-state index contributed by atoms with van der Waals surface area (Å²) in [5.74, 6) is 0. The molecule has 0 aliphatic carbocycles. The lowest BCUT2D eigenvalue weighted by atomic mass is 9.93. The largest absolute Gasteiger partial charge is 0.389 e. The predicted octanol–water partition coefficient (Wildman–Crippen LogP) is 2.99. The Morgan fingerprint density at radius 2 is 1.82 bits per heavy atom. The highest BCUT2D eigenvalue weighted by Crippen LogP contribution is 2.25. The number of nitrogens with one attached hydrogen (secondary N) is 1. The standard InChI is InChI=1S/C19H25NO2/c1-14-9-10-18(15(2)11-14)19(16-7-5-4-6-8-16)20-12-17(21)13-22-3/h4-11,17,19-21H,12-13H2,1-3H3. The number of aryl methyl sites for hydroxylation is 2. The number of hydrogen-bond donors (Lipinski definition) is 2. The minimum Gasteiger partial charge on any atom is -0.389 e. The Bertz CT molecular complexity index is 583. The van der Waals surface area contributed by atoms with E-state index >= 15 is 0 Å². The second-order valence-electron chi connectivity index (χ2n) is 5.72. The zero-order chi connectivity index (χ0) is 15.9. The molecule has 2 unspecified atom stereocenters. The lowest BCUT2D eigenvalue weighted by Gasteiger charge is -2.23. The van der Waals surface area contributed by atoms with Crippen LogP contribution >= 0.6 is 0 Å². The molecule has 0 radical (unpaired) electrons. The third-order valence-corrected chi connectivity index (χ3v) is 3.79. The number of methoxy groups -OCH3 is 1. The summed E-state index contributed by atoms with van der Waals surface area (Å²) in [6.45, 7) is 5.05. The van der Waals surface area contributed by atoms with Crippen molar-refractivity contribution in [1.29, 1.82) is 0 Å². The minimum absolute atomic E-state index is 0.0632. The SMILES string of the molecule is COCC(O)CNC(c1ccccc1)c1ccc(C)cc1C. The molecular weight excluding hydrogens is 274 g/mol. The van der Waals surface area contributed by atoms with Gasteiger partial charge in [-0.15, -0.1) is 0 Å². The van der Waals surface area contributed by atoms with Crippen molar-refractivity contribution < 1.29 is 9.84 Å². The normalized spacial score (nSPS) is 13.8. The molecule has 0 spiro atoms. The average Bonchev–Trinajstić information content (AvgIpc) is 2.50. The highest BCUT2D eigenvalue weighted by molar-refractivity contribution is 5.38. The van der Waals surface area contributed by atoms with Crippen LogP contribution in [0.25, 0.3) is 0 Å². The first kappa shape index (κ1) is 16.7. The number of rotatable bonds is 7.